The van der Waals surface area contributed by atoms with E-state index in [-0.39, 0.29) is 106 Å². The van der Waals surface area contributed by atoms with E-state index < -0.39 is 23.9 Å². The number of ether oxygens (including phenoxy) is 8. The van der Waals surface area contributed by atoms with Gasteiger partial charge in [0.05, 0.1) is 52.9 Å². The van der Waals surface area contributed by atoms with Gasteiger partial charge in [-0.25, -0.2) is 59.4 Å². The fourth-order valence-electron chi connectivity index (χ4n) is 1.65. The molecule has 0 aromatic rings. The van der Waals surface area contributed by atoms with Gasteiger partial charge in [-0.05, 0) is 0 Å². The van der Waals surface area contributed by atoms with E-state index in [2.05, 4.69) is 18.9 Å². The molecule has 2 radical (unpaired) electrons. The Kier molecular flexibility index (Phi) is 31.0. The smallest absolute Gasteiger partial charge is 0.455 e. The highest BCUT2D eigenvalue weighted by Crippen LogP contribution is 1.90. The fourth-order valence-corrected chi connectivity index (χ4v) is 1.65. The summed E-state index contributed by atoms with van der Waals surface area (Å²) in [6, 6.07) is 0. The van der Waals surface area contributed by atoms with E-state index in [4.69, 9.17) is 59.1 Å². The Labute approximate surface area is 226 Å². The van der Waals surface area contributed by atoms with Crippen LogP contribution in [0.15, 0.2) is 0 Å². The van der Waals surface area contributed by atoms with Crippen LogP contribution in [0.25, 0.3) is 0 Å². The summed E-state index contributed by atoms with van der Waals surface area (Å²) in [5, 5.41) is 0. The summed E-state index contributed by atoms with van der Waals surface area (Å²) in [4.78, 5) is 45.4. The molecule has 0 bridgehead atoms. The number of carbonyl (C=O) groups excluding carboxylic acids is 4. The number of rotatable bonds is 0. The predicted molar refractivity (Wildman–Crippen MR) is 122 cm³/mol. The maximum absolute atomic E-state index is 11.4. The van der Waals surface area contributed by atoms with Crippen LogP contribution in [0.4, 0.5) is 0 Å². The Bertz CT molecular complexity index is 458. The first-order chi connectivity index (χ1) is 16.4. The summed E-state index contributed by atoms with van der Waals surface area (Å²) in [6.07, 6.45) is 0. The van der Waals surface area contributed by atoms with Crippen molar-refractivity contribution in [2.24, 2.45) is 0 Å². The van der Waals surface area contributed by atoms with Crippen molar-refractivity contribution in [3.8, 4) is 0 Å². The third-order valence-corrected chi connectivity index (χ3v) is 2.92. The van der Waals surface area contributed by atoms with Crippen LogP contribution in [0.2, 0.25) is 0 Å². The molecule has 0 amide bonds. The average Bonchev–Trinajstić information content (AvgIpc) is 2.81. The molecule has 34 heavy (non-hydrogen) atoms. The molecule has 0 aliphatic carbocycles. The topological polar surface area (TPSA) is 142 Å². The largest absolute Gasteiger partial charge is 0.495 e. The zero-order valence-corrected chi connectivity index (χ0v) is 23.4. The first kappa shape index (κ1) is 36.1. The molecule has 194 valence electrons. The third kappa shape index (κ3) is 26.5. The van der Waals surface area contributed by atoms with Crippen molar-refractivity contribution in [3.05, 3.63) is 0 Å². The highest BCUT2D eigenvalue weighted by Gasteiger charge is 2.18. The van der Waals surface area contributed by atoms with Crippen LogP contribution in [-0.2, 0) is 57.1 Å². The van der Waals surface area contributed by atoms with Gasteiger partial charge < -0.3 is 37.9 Å². The van der Waals surface area contributed by atoms with Crippen LogP contribution in [0.1, 0.15) is 0 Å². The van der Waals surface area contributed by atoms with Gasteiger partial charge >= 0.3 is 50.6 Å². The second-order valence-electron chi connectivity index (χ2n) is 5.16. The van der Waals surface area contributed by atoms with E-state index in [0.29, 0.717) is 0 Å². The lowest BCUT2D eigenvalue weighted by molar-refractivity contribution is -0.170. The van der Waals surface area contributed by atoms with Crippen molar-refractivity contribution in [3.63, 3.8) is 0 Å². The SMILES string of the molecule is O=C1OCCOCCOCCOC(=O)C(=O)OCCOCCOCCOC1=O.[Cl][Al][Cl].[Cl][Al][Cl]. The van der Waals surface area contributed by atoms with Crippen LogP contribution in [0.5, 0.6) is 0 Å². The van der Waals surface area contributed by atoms with Crippen molar-refractivity contribution in [1.29, 1.82) is 0 Å². The molecular formula is C16H24Al2Cl4O12. The summed E-state index contributed by atoms with van der Waals surface area (Å²) in [6.45, 7) is 0.512. The molecule has 1 aliphatic heterocycles. The lowest BCUT2D eigenvalue weighted by Gasteiger charge is -2.09. The first-order valence-electron chi connectivity index (χ1n) is 9.47. The monoisotopic (exact) mass is 602 g/mol. The van der Waals surface area contributed by atoms with Crippen LogP contribution < -0.4 is 0 Å². The minimum Gasteiger partial charge on any atom is -0.455 e. The van der Waals surface area contributed by atoms with E-state index in [1.165, 1.54) is 0 Å². The van der Waals surface area contributed by atoms with E-state index >= 15 is 0 Å². The van der Waals surface area contributed by atoms with E-state index in [0.717, 1.165) is 0 Å². The van der Waals surface area contributed by atoms with Crippen LogP contribution >= 0.6 is 40.2 Å². The maximum Gasteiger partial charge on any atom is 0.495 e. The molecule has 0 spiro atoms. The van der Waals surface area contributed by atoms with Gasteiger partial charge in [-0.15, -0.1) is 0 Å². The molecule has 1 fully saturated rings. The minimum atomic E-state index is -1.12. The van der Waals surface area contributed by atoms with Crippen molar-refractivity contribution in [1.82, 2.24) is 0 Å². The average molecular weight is 604 g/mol. The Hall–Kier alpha value is -0.0551. The number of cyclic esters (lactones) is 4. The molecule has 0 atom stereocenters. The van der Waals surface area contributed by atoms with Crippen molar-refractivity contribution < 1.29 is 57.1 Å². The molecule has 0 aromatic carbocycles. The molecule has 1 heterocycles. The van der Waals surface area contributed by atoms with Gasteiger partial charge in [-0.3, -0.25) is 0 Å². The molecule has 0 aromatic heterocycles. The number of carbonyl (C=O) groups is 4. The summed E-state index contributed by atoms with van der Waals surface area (Å²) < 4.78 is 39.2. The lowest BCUT2D eigenvalue weighted by atomic mass is 10.6. The van der Waals surface area contributed by atoms with Crippen LogP contribution in [0.3, 0.4) is 0 Å². The molecule has 1 saturated heterocycles. The predicted octanol–water partition coefficient (Wildman–Crippen LogP) is 0.236. The summed E-state index contributed by atoms with van der Waals surface area (Å²) in [5.41, 5.74) is 0. The number of halogens is 4. The van der Waals surface area contributed by atoms with Gasteiger partial charge in [0.1, 0.15) is 26.4 Å². The molecule has 18 heteroatoms. The van der Waals surface area contributed by atoms with Gasteiger partial charge in [0.15, 0.2) is 0 Å². The van der Waals surface area contributed by atoms with Crippen molar-refractivity contribution in [2.75, 3.05) is 79.3 Å². The zero-order chi connectivity index (χ0) is 25.9. The molecule has 0 saturated carbocycles. The molecule has 1 rings (SSSR count). The Balaban J connectivity index is 0. The lowest BCUT2D eigenvalue weighted by Crippen LogP contribution is -2.25. The van der Waals surface area contributed by atoms with Gasteiger partial charge in [-0.2, -0.15) is 0 Å². The second-order valence-corrected chi connectivity index (χ2v) is 9.45. The summed E-state index contributed by atoms with van der Waals surface area (Å²) in [7, 11) is 19.4. The highest BCUT2D eigenvalue weighted by atomic mass is 35.7. The third-order valence-electron chi connectivity index (χ3n) is 2.92. The first-order valence-corrected chi connectivity index (χ1v) is 16.5. The summed E-state index contributed by atoms with van der Waals surface area (Å²) >= 11 is -0.611. The number of hydrogen-bond acceptors (Lipinski definition) is 12. The molecule has 12 nitrogen and oxygen atoms in total. The summed E-state index contributed by atoms with van der Waals surface area (Å²) in [5.74, 6) is -4.47. The van der Waals surface area contributed by atoms with E-state index in [1.807, 2.05) is 0 Å². The fraction of sp³-hybridized carbons (Fsp3) is 0.750. The Morgan fingerprint density at radius 1 is 0.382 bits per heavy atom. The van der Waals surface area contributed by atoms with Crippen molar-refractivity contribution >= 4 is 90.8 Å². The Morgan fingerprint density at radius 2 is 0.529 bits per heavy atom. The second kappa shape index (κ2) is 29.2. The highest BCUT2D eigenvalue weighted by molar-refractivity contribution is 7.22. The van der Waals surface area contributed by atoms with Crippen molar-refractivity contribution in [2.45, 2.75) is 0 Å². The normalized spacial score (nSPS) is 18.5. The standard InChI is InChI=1S/C16H24O12.2Al.4ClH/c17-13-14(18)27-11-7-23-3-4-24-8-12-28-16(20)15(19)26-10-6-22-2-1-21-5-9-25-13;;;;;;/h1-12H2;;;4*1H/q;2*+2;;;;/p-4. The van der Waals surface area contributed by atoms with Gasteiger partial charge in [0, 0.05) is 0 Å². The van der Waals surface area contributed by atoms with Gasteiger partial charge in [-0.1, -0.05) is 0 Å². The van der Waals surface area contributed by atoms with Gasteiger partial charge in [0.2, 0.25) is 0 Å². The number of hydrogen-bond donors (Lipinski definition) is 0. The molecule has 0 unspecified atom stereocenters. The van der Waals surface area contributed by atoms with Crippen LogP contribution in [-0.4, -0.2) is 130 Å². The van der Waals surface area contributed by atoms with E-state index in [9.17, 15) is 19.2 Å². The molecule has 1 aliphatic rings. The maximum atomic E-state index is 11.4. The quantitative estimate of drug-likeness (QED) is 0.162. The van der Waals surface area contributed by atoms with Gasteiger partial charge in [0.25, 0.3) is 0 Å². The van der Waals surface area contributed by atoms with E-state index in [1.54, 1.807) is 0 Å². The van der Waals surface area contributed by atoms with Crippen LogP contribution in [0, 0.1) is 0 Å². The number of esters is 4. The molecular weight excluding hydrogens is 580 g/mol. The Morgan fingerprint density at radius 3 is 0.706 bits per heavy atom. The zero-order valence-electron chi connectivity index (χ0n) is 18.1. The minimum absolute atomic E-state index is 0.0618. The molecule has 0 N–H and O–H groups in total.